The Morgan fingerprint density at radius 1 is 1.25 bits per heavy atom. The van der Waals surface area contributed by atoms with Crippen LogP contribution in [0.15, 0.2) is 30.3 Å². The molecule has 1 atom stereocenters. The molecule has 1 aromatic carbocycles. The summed E-state index contributed by atoms with van der Waals surface area (Å²) in [5, 5.41) is 13.5. The number of amides is 2. The standard InChI is InChI=1S/C11H11N3O2/c1-13-10(15)9(7-12)11(16)14-8-5-3-2-4-6-8/h2-6,9H,1H3,(H,13,15)(H,14,16)/t9-/m0/s1. The Morgan fingerprint density at radius 3 is 2.38 bits per heavy atom. The number of carbonyl (C=O) groups excluding carboxylic acids is 2. The Bertz CT molecular complexity index is 423. The third kappa shape index (κ3) is 2.82. The lowest BCUT2D eigenvalue weighted by molar-refractivity contribution is -0.129. The molecule has 0 aliphatic heterocycles. The first-order chi connectivity index (χ1) is 7.69. The van der Waals surface area contributed by atoms with Gasteiger partial charge in [-0.3, -0.25) is 9.59 Å². The quantitative estimate of drug-likeness (QED) is 0.724. The SMILES string of the molecule is CNC(=O)[C@H](C#N)C(=O)Nc1ccccc1. The second-order valence-electron chi connectivity index (χ2n) is 3.03. The molecular weight excluding hydrogens is 206 g/mol. The number of rotatable bonds is 3. The van der Waals surface area contributed by atoms with Gasteiger partial charge in [0.25, 0.3) is 5.91 Å². The number of hydrogen-bond acceptors (Lipinski definition) is 3. The molecule has 0 unspecified atom stereocenters. The monoisotopic (exact) mass is 217 g/mol. The first-order valence-corrected chi connectivity index (χ1v) is 4.66. The van der Waals surface area contributed by atoms with Crippen molar-refractivity contribution in [1.82, 2.24) is 5.32 Å². The van der Waals surface area contributed by atoms with Crippen LogP contribution in [0.3, 0.4) is 0 Å². The van der Waals surface area contributed by atoms with E-state index in [4.69, 9.17) is 5.26 Å². The third-order valence-corrected chi connectivity index (χ3v) is 1.94. The van der Waals surface area contributed by atoms with E-state index in [1.54, 1.807) is 36.4 Å². The number of hydrogen-bond donors (Lipinski definition) is 2. The van der Waals surface area contributed by atoms with E-state index in [9.17, 15) is 9.59 Å². The maximum atomic E-state index is 11.5. The van der Waals surface area contributed by atoms with E-state index in [-0.39, 0.29) is 0 Å². The molecule has 1 aromatic rings. The lowest BCUT2D eigenvalue weighted by Gasteiger charge is -2.08. The Kier molecular flexibility index (Phi) is 4.04. The molecule has 0 saturated heterocycles. The van der Waals surface area contributed by atoms with Gasteiger partial charge < -0.3 is 10.6 Å². The minimum Gasteiger partial charge on any atom is -0.358 e. The van der Waals surface area contributed by atoms with Crippen LogP contribution >= 0.6 is 0 Å². The molecule has 1 rings (SSSR count). The van der Waals surface area contributed by atoms with Crippen molar-refractivity contribution in [2.45, 2.75) is 0 Å². The zero-order valence-corrected chi connectivity index (χ0v) is 8.73. The van der Waals surface area contributed by atoms with Gasteiger partial charge >= 0.3 is 0 Å². The van der Waals surface area contributed by atoms with Crippen LogP contribution in [0, 0.1) is 17.2 Å². The molecule has 0 aliphatic carbocycles. The fourth-order valence-corrected chi connectivity index (χ4v) is 1.12. The van der Waals surface area contributed by atoms with Gasteiger partial charge in [-0.2, -0.15) is 5.26 Å². The van der Waals surface area contributed by atoms with Crippen molar-refractivity contribution in [3.8, 4) is 6.07 Å². The molecule has 82 valence electrons. The Balaban J connectivity index is 2.72. The van der Waals surface area contributed by atoms with Gasteiger partial charge in [0, 0.05) is 12.7 Å². The van der Waals surface area contributed by atoms with Crippen LogP contribution in [0.1, 0.15) is 0 Å². The van der Waals surface area contributed by atoms with Crippen molar-refractivity contribution in [2.24, 2.45) is 5.92 Å². The minimum absolute atomic E-state index is 0.552. The first kappa shape index (κ1) is 11.7. The van der Waals surface area contributed by atoms with Crippen LogP contribution in [0.5, 0.6) is 0 Å². The lowest BCUT2D eigenvalue weighted by atomic mass is 10.1. The van der Waals surface area contributed by atoms with Gasteiger partial charge in [-0.05, 0) is 12.1 Å². The highest BCUT2D eigenvalue weighted by molar-refractivity contribution is 6.08. The molecule has 0 bridgehead atoms. The van der Waals surface area contributed by atoms with E-state index in [2.05, 4.69) is 10.6 Å². The molecular formula is C11H11N3O2. The summed E-state index contributed by atoms with van der Waals surface area (Å²) in [6, 6.07) is 10.3. The van der Waals surface area contributed by atoms with Gasteiger partial charge in [0.05, 0.1) is 6.07 Å². The van der Waals surface area contributed by atoms with Crippen LogP contribution in [0.25, 0.3) is 0 Å². The summed E-state index contributed by atoms with van der Waals surface area (Å²) in [6.07, 6.45) is 0. The summed E-state index contributed by atoms with van der Waals surface area (Å²) in [6.45, 7) is 0. The molecule has 0 saturated carbocycles. The highest BCUT2D eigenvalue weighted by Crippen LogP contribution is 2.07. The summed E-state index contributed by atoms with van der Waals surface area (Å²) < 4.78 is 0. The predicted octanol–water partition coefficient (Wildman–Crippen LogP) is 0.511. The van der Waals surface area contributed by atoms with Gasteiger partial charge in [0.1, 0.15) is 0 Å². The Hall–Kier alpha value is -2.35. The van der Waals surface area contributed by atoms with E-state index in [0.29, 0.717) is 5.69 Å². The van der Waals surface area contributed by atoms with Crippen LogP contribution in [0.4, 0.5) is 5.69 Å². The van der Waals surface area contributed by atoms with E-state index in [1.165, 1.54) is 7.05 Å². The summed E-state index contributed by atoms with van der Waals surface area (Å²) in [4.78, 5) is 22.7. The number of nitriles is 1. The van der Waals surface area contributed by atoms with E-state index in [1.807, 2.05) is 0 Å². The van der Waals surface area contributed by atoms with Gasteiger partial charge in [-0.15, -0.1) is 0 Å². The number of anilines is 1. The third-order valence-electron chi connectivity index (χ3n) is 1.94. The second-order valence-corrected chi connectivity index (χ2v) is 3.03. The fourth-order valence-electron chi connectivity index (χ4n) is 1.12. The largest absolute Gasteiger partial charge is 0.358 e. The summed E-state index contributed by atoms with van der Waals surface area (Å²) in [5.74, 6) is -2.57. The zero-order chi connectivity index (χ0) is 12.0. The summed E-state index contributed by atoms with van der Waals surface area (Å²) >= 11 is 0. The van der Waals surface area contributed by atoms with Crippen molar-refractivity contribution in [3.05, 3.63) is 30.3 Å². The van der Waals surface area contributed by atoms with E-state index in [0.717, 1.165) is 0 Å². The van der Waals surface area contributed by atoms with Crippen LogP contribution in [-0.4, -0.2) is 18.9 Å². The van der Waals surface area contributed by atoms with Crippen LogP contribution in [-0.2, 0) is 9.59 Å². The normalized spacial score (nSPS) is 11.0. The van der Waals surface area contributed by atoms with Crippen molar-refractivity contribution < 1.29 is 9.59 Å². The van der Waals surface area contributed by atoms with Crippen molar-refractivity contribution >= 4 is 17.5 Å². The Labute approximate surface area is 93.1 Å². The summed E-state index contributed by atoms with van der Waals surface area (Å²) in [5.41, 5.74) is 0.552. The first-order valence-electron chi connectivity index (χ1n) is 4.66. The van der Waals surface area contributed by atoms with Gasteiger partial charge in [-0.25, -0.2) is 0 Å². The van der Waals surface area contributed by atoms with Crippen LogP contribution < -0.4 is 10.6 Å². The summed E-state index contributed by atoms with van der Waals surface area (Å²) in [7, 11) is 1.38. The van der Waals surface area contributed by atoms with Crippen molar-refractivity contribution in [1.29, 1.82) is 5.26 Å². The number of benzene rings is 1. The van der Waals surface area contributed by atoms with Gasteiger partial charge in [0.15, 0.2) is 0 Å². The van der Waals surface area contributed by atoms with Gasteiger partial charge in [0.2, 0.25) is 11.8 Å². The molecule has 5 heteroatoms. The highest BCUT2D eigenvalue weighted by atomic mass is 16.2. The van der Waals surface area contributed by atoms with Crippen molar-refractivity contribution in [3.63, 3.8) is 0 Å². The maximum absolute atomic E-state index is 11.5. The molecule has 2 amide bonds. The highest BCUT2D eigenvalue weighted by Gasteiger charge is 2.25. The van der Waals surface area contributed by atoms with Gasteiger partial charge in [-0.1, -0.05) is 18.2 Å². The van der Waals surface area contributed by atoms with E-state index < -0.39 is 17.7 Å². The number of carbonyl (C=O) groups is 2. The zero-order valence-electron chi connectivity index (χ0n) is 8.73. The number of nitrogens with zero attached hydrogens (tertiary/aromatic N) is 1. The average Bonchev–Trinajstić information content (AvgIpc) is 2.31. The van der Waals surface area contributed by atoms with Crippen LogP contribution in [0.2, 0.25) is 0 Å². The predicted molar refractivity (Wildman–Crippen MR) is 58.2 cm³/mol. The fraction of sp³-hybridized carbons (Fsp3) is 0.182. The lowest BCUT2D eigenvalue weighted by Crippen LogP contribution is -2.35. The molecule has 0 fully saturated rings. The molecule has 0 aromatic heterocycles. The molecule has 0 spiro atoms. The number of nitrogens with one attached hydrogen (secondary N) is 2. The maximum Gasteiger partial charge on any atom is 0.251 e. The minimum atomic E-state index is -1.33. The molecule has 5 nitrogen and oxygen atoms in total. The second kappa shape index (κ2) is 5.51. The Morgan fingerprint density at radius 2 is 1.88 bits per heavy atom. The van der Waals surface area contributed by atoms with E-state index >= 15 is 0 Å². The molecule has 0 aliphatic rings. The smallest absolute Gasteiger partial charge is 0.251 e. The molecule has 16 heavy (non-hydrogen) atoms. The average molecular weight is 217 g/mol. The topological polar surface area (TPSA) is 82.0 Å². The molecule has 0 radical (unpaired) electrons. The molecule has 0 heterocycles. The molecule has 2 N–H and O–H groups in total. The number of para-hydroxylation sites is 1. The van der Waals surface area contributed by atoms with Crippen molar-refractivity contribution in [2.75, 3.05) is 12.4 Å².